The first-order chi connectivity index (χ1) is 17.0. The van der Waals surface area contributed by atoms with Gasteiger partial charge in [-0.05, 0) is 52.7 Å². The van der Waals surface area contributed by atoms with Gasteiger partial charge >= 0.3 is 0 Å². The number of methoxy groups -OCH3 is 1. The molecule has 35 heavy (non-hydrogen) atoms. The number of carbonyl (C=O) groups excluding carboxylic acids is 2. The molecular formula is C26H20N4O4S. The number of thiophene rings is 1. The van der Waals surface area contributed by atoms with Crippen LogP contribution in [0.3, 0.4) is 0 Å². The van der Waals surface area contributed by atoms with Gasteiger partial charge in [-0.2, -0.15) is 10.4 Å². The fraction of sp³-hybridized carbons (Fsp3) is 0.0769. The number of rotatable bonds is 7. The molecule has 4 rings (SSSR count). The number of phenolic OH excluding ortho intramolecular Hbond substituents is 1. The third-order valence-electron chi connectivity index (χ3n) is 5.18. The van der Waals surface area contributed by atoms with Gasteiger partial charge in [0.1, 0.15) is 17.6 Å². The van der Waals surface area contributed by atoms with E-state index in [1.165, 1.54) is 31.5 Å². The van der Waals surface area contributed by atoms with Crippen molar-refractivity contribution in [1.29, 1.82) is 5.26 Å². The Hall–Kier alpha value is -4.68. The van der Waals surface area contributed by atoms with Crippen LogP contribution < -0.4 is 15.5 Å². The van der Waals surface area contributed by atoms with Crippen LogP contribution in [-0.4, -0.2) is 30.2 Å². The van der Waals surface area contributed by atoms with Gasteiger partial charge in [0.2, 0.25) is 5.91 Å². The van der Waals surface area contributed by atoms with Gasteiger partial charge in [-0.1, -0.05) is 18.2 Å². The summed E-state index contributed by atoms with van der Waals surface area (Å²) in [5.41, 5.74) is 4.67. The van der Waals surface area contributed by atoms with Gasteiger partial charge in [0, 0.05) is 27.6 Å². The number of nitriles is 1. The molecule has 0 aliphatic rings. The molecule has 0 aliphatic heterocycles. The Balaban J connectivity index is 1.40. The van der Waals surface area contributed by atoms with Crippen molar-refractivity contribution in [3.63, 3.8) is 0 Å². The minimum Gasteiger partial charge on any atom is -0.507 e. The summed E-state index contributed by atoms with van der Waals surface area (Å²) in [6.45, 7) is 0. The number of benzene rings is 3. The molecule has 3 aromatic carbocycles. The molecule has 0 unspecified atom stereocenters. The summed E-state index contributed by atoms with van der Waals surface area (Å²) in [4.78, 5) is 24.9. The normalized spacial score (nSPS) is 10.7. The van der Waals surface area contributed by atoms with E-state index in [1.807, 2.05) is 35.7 Å². The van der Waals surface area contributed by atoms with Crippen molar-refractivity contribution in [3.8, 4) is 17.6 Å². The second-order valence-corrected chi connectivity index (χ2v) is 8.39. The number of anilines is 1. The predicted octanol–water partition coefficient (Wildman–Crippen LogP) is 4.43. The lowest BCUT2D eigenvalue weighted by Crippen LogP contribution is -2.17. The Morgan fingerprint density at radius 2 is 2.00 bits per heavy atom. The summed E-state index contributed by atoms with van der Waals surface area (Å²) in [5, 5.41) is 28.4. The predicted molar refractivity (Wildman–Crippen MR) is 135 cm³/mol. The fourth-order valence-electron chi connectivity index (χ4n) is 3.44. The van der Waals surface area contributed by atoms with Crippen molar-refractivity contribution in [2.24, 2.45) is 5.10 Å². The molecular weight excluding hydrogens is 464 g/mol. The maximum atomic E-state index is 12.6. The van der Waals surface area contributed by atoms with Gasteiger partial charge < -0.3 is 15.2 Å². The first-order valence-electron chi connectivity index (χ1n) is 10.5. The molecule has 174 valence electrons. The monoisotopic (exact) mass is 484 g/mol. The highest BCUT2D eigenvalue weighted by atomic mass is 32.1. The third-order valence-corrected chi connectivity index (χ3v) is 6.19. The number of ether oxygens (including phenoxy) is 1. The van der Waals surface area contributed by atoms with E-state index in [2.05, 4.69) is 15.8 Å². The highest BCUT2D eigenvalue weighted by Crippen LogP contribution is 2.27. The summed E-state index contributed by atoms with van der Waals surface area (Å²) in [6, 6.07) is 18.8. The van der Waals surface area contributed by atoms with E-state index in [-0.39, 0.29) is 29.2 Å². The second kappa shape index (κ2) is 10.5. The second-order valence-electron chi connectivity index (χ2n) is 7.48. The number of hydrazone groups is 1. The minimum absolute atomic E-state index is 0.00637. The molecule has 9 heteroatoms. The molecule has 1 heterocycles. The zero-order valence-corrected chi connectivity index (χ0v) is 19.4. The molecule has 0 saturated carbocycles. The summed E-state index contributed by atoms with van der Waals surface area (Å²) >= 11 is 1.61. The van der Waals surface area contributed by atoms with E-state index >= 15 is 0 Å². The van der Waals surface area contributed by atoms with Crippen molar-refractivity contribution in [2.45, 2.75) is 6.42 Å². The van der Waals surface area contributed by atoms with Crippen molar-refractivity contribution in [2.75, 3.05) is 12.4 Å². The Morgan fingerprint density at radius 3 is 2.80 bits per heavy atom. The molecule has 0 radical (unpaired) electrons. The number of nitrogens with one attached hydrogen (secondary N) is 2. The molecule has 3 N–H and O–H groups in total. The van der Waals surface area contributed by atoms with Crippen LogP contribution in [0.1, 0.15) is 27.0 Å². The van der Waals surface area contributed by atoms with Crippen LogP contribution in [0.4, 0.5) is 5.69 Å². The van der Waals surface area contributed by atoms with Crippen molar-refractivity contribution in [1.82, 2.24) is 5.43 Å². The molecule has 0 fully saturated rings. The molecule has 0 bridgehead atoms. The standard InChI is InChI=1S/C26H20N4O4S/c1-34-23-12-20(29-25(32)11-19-15-35-24-5-3-2-4-21(19)24)8-6-17(23)14-28-30-26(33)16-7-9-22(31)18(10-16)13-27/h2-10,12,14-15,31H,11H2,1H3,(H,29,32)(H,30,33). The highest BCUT2D eigenvalue weighted by Gasteiger charge is 2.11. The zero-order valence-electron chi connectivity index (χ0n) is 18.6. The van der Waals surface area contributed by atoms with Crippen molar-refractivity contribution < 1.29 is 19.4 Å². The molecule has 0 aliphatic carbocycles. The molecule has 0 saturated heterocycles. The number of amides is 2. The summed E-state index contributed by atoms with van der Waals surface area (Å²) < 4.78 is 6.54. The molecule has 0 spiro atoms. The highest BCUT2D eigenvalue weighted by molar-refractivity contribution is 7.17. The average Bonchev–Trinajstić information content (AvgIpc) is 3.27. The lowest BCUT2D eigenvalue weighted by atomic mass is 10.1. The Morgan fingerprint density at radius 1 is 1.17 bits per heavy atom. The number of hydrogen-bond donors (Lipinski definition) is 3. The van der Waals surface area contributed by atoms with Crippen LogP contribution in [0, 0.1) is 11.3 Å². The quantitative estimate of drug-likeness (QED) is 0.264. The van der Waals surface area contributed by atoms with E-state index in [0.717, 1.165) is 15.6 Å². The number of fused-ring (bicyclic) bond motifs is 1. The summed E-state index contributed by atoms with van der Waals surface area (Å²) in [6.07, 6.45) is 1.66. The first kappa shape index (κ1) is 23.5. The molecule has 0 atom stereocenters. The van der Waals surface area contributed by atoms with Crippen LogP contribution in [0.2, 0.25) is 0 Å². The summed E-state index contributed by atoms with van der Waals surface area (Å²) in [5.74, 6) is -0.428. The van der Waals surface area contributed by atoms with Gasteiger partial charge in [-0.3, -0.25) is 9.59 Å². The molecule has 1 aromatic heterocycles. The summed E-state index contributed by atoms with van der Waals surface area (Å²) in [7, 11) is 1.49. The zero-order chi connectivity index (χ0) is 24.8. The maximum absolute atomic E-state index is 12.6. The largest absolute Gasteiger partial charge is 0.507 e. The van der Waals surface area contributed by atoms with Crippen LogP contribution in [0.5, 0.6) is 11.5 Å². The van der Waals surface area contributed by atoms with E-state index in [4.69, 9.17) is 10.00 Å². The average molecular weight is 485 g/mol. The van der Waals surface area contributed by atoms with Gasteiger partial charge in [0.15, 0.2) is 0 Å². The van der Waals surface area contributed by atoms with Gasteiger partial charge in [-0.25, -0.2) is 5.43 Å². The number of phenols is 1. The van der Waals surface area contributed by atoms with E-state index in [9.17, 15) is 14.7 Å². The molecule has 8 nitrogen and oxygen atoms in total. The third kappa shape index (κ3) is 5.46. The van der Waals surface area contributed by atoms with Crippen molar-refractivity contribution >= 4 is 45.1 Å². The smallest absolute Gasteiger partial charge is 0.271 e. The topological polar surface area (TPSA) is 124 Å². The lowest BCUT2D eigenvalue weighted by Gasteiger charge is -2.09. The van der Waals surface area contributed by atoms with Crippen molar-refractivity contribution in [3.05, 3.63) is 88.3 Å². The van der Waals surface area contributed by atoms with Crippen LogP contribution in [0.25, 0.3) is 10.1 Å². The number of aromatic hydroxyl groups is 1. The van der Waals surface area contributed by atoms with E-state index in [0.29, 0.717) is 17.0 Å². The van der Waals surface area contributed by atoms with Crippen LogP contribution >= 0.6 is 11.3 Å². The number of hydrogen-bond acceptors (Lipinski definition) is 7. The minimum atomic E-state index is -0.540. The van der Waals surface area contributed by atoms with Gasteiger partial charge in [0.25, 0.3) is 5.91 Å². The lowest BCUT2D eigenvalue weighted by molar-refractivity contribution is -0.115. The fourth-order valence-corrected chi connectivity index (χ4v) is 4.40. The number of carbonyl (C=O) groups is 2. The van der Waals surface area contributed by atoms with Gasteiger partial charge in [0.05, 0.1) is 25.3 Å². The van der Waals surface area contributed by atoms with Gasteiger partial charge in [-0.15, -0.1) is 11.3 Å². The van der Waals surface area contributed by atoms with E-state index in [1.54, 1.807) is 29.5 Å². The Labute approximate surface area is 205 Å². The van der Waals surface area contributed by atoms with E-state index < -0.39 is 5.91 Å². The van der Waals surface area contributed by atoms with Crippen LogP contribution in [0.15, 0.2) is 71.1 Å². The SMILES string of the molecule is COc1cc(NC(=O)Cc2csc3ccccc23)ccc1C=NNC(=O)c1ccc(O)c(C#N)c1. The first-order valence-corrected chi connectivity index (χ1v) is 11.4. The molecule has 2 amide bonds. The van der Waals surface area contributed by atoms with Crippen LogP contribution in [-0.2, 0) is 11.2 Å². The Kier molecular flexibility index (Phi) is 7.04. The Bertz CT molecular complexity index is 1490. The number of nitrogens with zero attached hydrogens (tertiary/aromatic N) is 2. The maximum Gasteiger partial charge on any atom is 0.271 e. The molecule has 4 aromatic rings.